The summed E-state index contributed by atoms with van der Waals surface area (Å²) in [7, 11) is 0. The smallest absolute Gasteiger partial charge is 0.0706 e. The predicted molar refractivity (Wildman–Crippen MR) is 133 cm³/mol. The van der Waals surface area contributed by atoms with Crippen LogP contribution in [0.2, 0.25) is 0 Å². The van der Waals surface area contributed by atoms with Gasteiger partial charge < -0.3 is 10.6 Å². The molecule has 0 bridgehead atoms. The van der Waals surface area contributed by atoms with Crippen LogP contribution in [0.5, 0.6) is 0 Å². The Morgan fingerprint density at radius 1 is 0.758 bits per heavy atom. The summed E-state index contributed by atoms with van der Waals surface area (Å²) in [5, 5.41) is 7.23. The Kier molecular flexibility index (Phi) is 6.85. The Morgan fingerprint density at radius 3 is 2.33 bits per heavy atom. The summed E-state index contributed by atoms with van der Waals surface area (Å²) in [6.07, 6.45) is 5.29. The van der Waals surface area contributed by atoms with Crippen LogP contribution in [-0.4, -0.2) is 9.97 Å². The maximum absolute atomic E-state index is 5.07. The molecule has 0 spiro atoms. The first-order valence-corrected chi connectivity index (χ1v) is 11.8. The lowest BCUT2D eigenvalue weighted by atomic mass is 9.91. The maximum Gasteiger partial charge on any atom is 0.0706 e. The van der Waals surface area contributed by atoms with Gasteiger partial charge in [-0.1, -0.05) is 66.7 Å². The van der Waals surface area contributed by atoms with Gasteiger partial charge in [0.1, 0.15) is 0 Å². The fourth-order valence-corrected chi connectivity index (χ4v) is 4.47. The van der Waals surface area contributed by atoms with Crippen molar-refractivity contribution in [2.75, 3.05) is 0 Å². The van der Waals surface area contributed by atoms with Gasteiger partial charge in [0.15, 0.2) is 0 Å². The van der Waals surface area contributed by atoms with Crippen LogP contribution in [0.4, 0.5) is 0 Å². The van der Waals surface area contributed by atoms with Crippen molar-refractivity contribution in [1.82, 2.24) is 20.6 Å². The van der Waals surface area contributed by atoms with E-state index in [4.69, 9.17) is 4.98 Å². The van der Waals surface area contributed by atoms with Gasteiger partial charge in [0.25, 0.3) is 0 Å². The lowest BCUT2D eigenvalue weighted by molar-refractivity contribution is 0.448. The first-order chi connectivity index (χ1) is 16.3. The van der Waals surface area contributed by atoms with Crippen LogP contribution >= 0.6 is 0 Å². The molecule has 0 aliphatic heterocycles. The summed E-state index contributed by atoms with van der Waals surface area (Å²) in [4.78, 5) is 9.43. The van der Waals surface area contributed by atoms with Crippen LogP contribution in [0.1, 0.15) is 47.0 Å². The average molecular weight is 435 g/mol. The first kappa shape index (κ1) is 21.5. The van der Waals surface area contributed by atoms with Gasteiger partial charge in [-0.05, 0) is 54.2 Å². The number of hydrogen-bond acceptors (Lipinski definition) is 4. The van der Waals surface area contributed by atoms with Gasteiger partial charge >= 0.3 is 0 Å². The molecule has 4 nitrogen and oxygen atoms in total. The standard InChI is InChI=1S/C29H30N4/c1-2-7-24(8-3-1)27-17-16-25-9-6-11-28(29(25)33-27)32-20-23-14-12-22(13-15-23)19-30-21-26-10-4-5-18-31-26/h1-5,7-8,10,12-18,28,30,32H,6,9,11,19-21H2. The van der Waals surface area contributed by atoms with E-state index in [1.54, 1.807) is 0 Å². The van der Waals surface area contributed by atoms with E-state index in [9.17, 15) is 0 Å². The highest BCUT2D eigenvalue weighted by atomic mass is 14.9. The van der Waals surface area contributed by atoms with E-state index in [0.29, 0.717) is 6.04 Å². The normalized spacial score (nSPS) is 15.2. The van der Waals surface area contributed by atoms with Crippen LogP contribution in [0.15, 0.2) is 91.1 Å². The summed E-state index contributed by atoms with van der Waals surface area (Å²) < 4.78 is 0. The molecule has 33 heavy (non-hydrogen) atoms. The van der Waals surface area contributed by atoms with E-state index in [0.717, 1.165) is 43.9 Å². The zero-order valence-electron chi connectivity index (χ0n) is 18.9. The number of aryl methyl sites for hydroxylation is 1. The van der Waals surface area contributed by atoms with Gasteiger partial charge in [0.2, 0.25) is 0 Å². The number of nitrogens with zero attached hydrogens (tertiary/aromatic N) is 2. The number of hydrogen-bond donors (Lipinski definition) is 2. The molecule has 0 saturated heterocycles. The van der Waals surface area contributed by atoms with Crippen LogP contribution in [0, 0.1) is 0 Å². The van der Waals surface area contributed by atoms with Gasteiger partial charge in [0, 0.05) is 31.4 Å². The summed E-state index contributed by atoms with van der Waals surface area (Å²) in [5.74, 6) is 0. The van der Waals surface area contributed by atoms with E-state index in [-0.39, 0.29) is 0 Å². The van der Waals surface area contributed by atoms with Crippen molar-refractivity contribution in [3.8, 4) is 11.3 Å². The lowest BCUT2D eigenvalue weighted by Crippen LogP contribution is -2.26. The molecule has 4 aromatic rings. The van der Waals surface area contributed by atoms with E-state index in [2.05, 4.69) is 76.3 Å². The molecule has 2 aromatic heterocycles. The topological polar surface area (TPSA) is 49.8 Å². The first-order valence-electron chi connectivity index (χ1n) is 11.8. The summed E-state index contributed by atoms with van der Waals surface area (Å²) in [6, 6.07) is 30.1. The van der Waals surface area contributed by atoms with Crippen molar-refractivity contribution in [2.45, 2.75) is 44.9 Å². The molecule has 1 unspecified atom stereocenters. The van der Waals surface area contributed by atoms with Crippen molar-refractivity contribution in [1.29, 1.82) is 0 Å². The molecule has 0 radical (unpaired) electrons. The van der Waals surface area contributed by atoms with E-state index < -0.39 is 0 Å². The molecule has 5 rings (SSSR count). The molecule has 0 saturated carbocycles. The van der Waals surface area contributed by atoms with Gasteiger partial charge in [-0.2, -0.15) is 0 Å². The monoisotopic (exact) mass is 434 g/mol. The van der Waals surface area contributed by atoms with Crippen molar-refractivity contribution in [3.63, 3.8) is 0 Å². The Morgan fingerprint density at radius 2 is 1.55 bits per heavy atom. The molecule has 1 aliphatic rings. The third kappa shape index (κ3) is 5.54. The van der Waals surface area contributed by atoms with Gasteiger partial charge in [0.05, 0.1) is 23.1 Å². The molecule has 166 valence electrons. The quantitative estimate of drug-likeness (QED) is 0.379. The molecule has 0 fully saturated rings. The Bertz CT molecular complexity index is 1160. The molecule has 2 N–H and O–H groups in total. The van der Waals surface area contributed by atoms with Gasteiger partial charge in [-0.3, -0.25) is 9.97 Å². The number of pyridine rings is 2. The zero-order valence-corrected chi connectivity index (χ0v) is 18.9. The molecule has 4 heteroatoms. The minimum atomic E-state index is 0.303. The number of nitrogens with one attached hydrogen (secondary N) is 2. The minimum Gasteiger partial charge on any atom is -0.307 e. The van der Waals surface area contributed by atoms with Crippen molar-refractivity contribution >= 4 is 0 Å². The van der Waals surface area contributed by atoms with Gasteiger partial charge in [-0.25, -0.2) is 0 Å². The zero-order chi connectivity index (χ0) is 22.3. The van der Waals surface area contributed by atoms with E-state index in [1.807, 2.05) is 30.5 Å². The Labute approximate surface area is 196 Å². The van der Waals surface area contributed by atoms with Crippen LogP contribution in [0.25, 0.3) is 11.3 Å². The predicted octanol–water partition coefficient (Wildman–Crippen LogP) is 5.60. The SMILES string of the molecule is c1ccc(-c2ccc3c(n2)C(NCc2ccc(CNCc4ccccn4)cc2)CCC3)cc1. The molecule has 2 heterocycles. The Balaban J connectivity index is 1.19. The number of fused-ring (bicyclic) bond motifs is 1. The third-order valence-electron chi connectivity index (χ3n) is 6.29. The summed E-state index contributed by atoms with van der Waals surface area (Å²) in [6.45, 7) is 2.47. The number of rotatable bonds is 8. The highest BCUT2D eigenvalue weighted by molar-refractivity contribution is 5.59. The number of benzene rings is 2. The van der Waals surface area contributed by atoms with Crippen LogP contribution in [-0.2, 0) is 26.1 Å². The summed E-state index contributed by atoms with van der Waals surface area (Å²) in [5.41, 5.74) is 8.49. The van der Waals surface area contributed by atoms with E-state index in [1.165, 1.54) is 34.4 Å². The largest absolute Gasteiger partial charge is 0.307 e. The Hall–Kier alpha value is -3.34. The second-order valence-corrected chi connectivity index (χ2v) is 8.67. The molecular formula is C29H30N4. The minimum absolute atomic E-state index is 0.303. The molecular weight excluding hydrogens is 404 g/mol. The van der Waals surface area contributed by atoms with Crippen LogP contribution in [0.3, 0.4) is 0 Å². The van der Waals surface area contributed by atoms with Crippen molar-refractivity contribution in [2.24, 2.45) is 0 Å². The molecule has 1 atom stereocenters. The molecule has 1 aliphatic carbocycles. The van der Waals surface area contributed by atoms with Crippen molar-refractivity contribution < 1.29 is 0 Å². The highest BCUT2D eigenvalue weighted by Crippen LogP contribution is 2.31. The third-order valence-corrected chi connectivity index (χ3v) is 6.29. The number of aromatic nitrogens is 2. The maximum atomic E-state index is 5.07. The highest BCUT2D eigenvalue weighted by Gasteiger charge is 2.22. The van der Waals surface area contributed by atoms with Crippen LogP contribution < -0.4 is 10.6 Å². The fraction of sp³-hybridized carbons (Fsp3) is 0.241. The van der Waals surface area contributed by atoms with E-state index >= 15 is 0 Å². The fourth-order valence-electron chi connectivity index (χ4n) is 4.47. The summed E-state index contributed by atoms with van der Waals surface area (Å²) >= 11 is 0. The van der Waals surface area contributed by atoms with Crippen molar-refractivity contribution in [3.05, 3.63) is 119 Å². The average Bonchev–Trinajstić information content (AvgIpc) is 2.89. The second-order valence-electron chi connectivity index (χ2n) is 8.67. The lowest BCUT2D eigenvalue weighted by Gasteiger charge is -2.26. The molecule has 2 aromatic carbocycles. The second kappa shape index (κ2) is 10.5. The molecule has 0 amide bonds. The van der Waals surface area contributed by atoms with Gasteiger partial charge in [-0.15, -0.1) is 0 Å².